The summed E-state index contributed by atoms with van der Waals surface area (Å²) in [5.74, 6) is 0. The molecule has 5 heteroatoms. The van der Waals surface area contributed by atoms with Crippen LogP contribution in [0.25, 0.3) is 21.5 Å². The summed E-state index contributed by atoms with van der Waals surface area (Å²) >= 11 is 0. The monoisotopic (exact) mass is 391 g/mol. The summed E-state index contributed by atoms with van der Waals surface area (Å²) in [6.45, 7) is 1.27. The molecule has 0 unspecified atom stereocenters. The lowest BCUT2D eigenvalue weighted by atomic mass is 10.1. The van der Waals surface area contributed by atoms with Crippen LogP contribution in [0.2, 0.25) is 0 Å². The molecule has 30 heavy (non-hydrogen) atoms. The van der Waals surface area contributed by atoms with Crippen molar-refractivity contribution in [2.45, 2.75) is 6.04 Å². The van der Waals surface area contributed by atoms with Crippen molar-refractivity contribution < 1.29 is 0 Å². The van der Waals surface area contributed by atoms with E-state index in [0.29, 0.717) is 24.2 Å². The van der Waals surface area contributed by atoms with Gasteiger partial charge in [0.2, 0.25) is 0 Å². The van der Waals surface area contributed by atoms with Gasteiger partial charge in [0.1, 0.15) is 0 Å². The highest BCUT2D eigenvalue weighted by Crippen LogP contribution is 2.22. The molecule has 4 aromatic rings. The van der Waals surface area contributed by atoms with E-state index in [9.17, 15) is 0 Å². The summed E-state index contributed by atoms with van der Waals surface area (Å²) in [5, 5.41) is 29.0. The zero-order valence-corrected chi connectivity index (χ0v) is 16.4. The fourth-order valence-corrected chi connectivity index (χ4v) is 3.42. The van der Waals surface area contributed by atoms with Gasteiger partial charge in [-0.2, -0.15) is 10.5 Å². The molecule has 0 radical (unpaired) electrons. The highest BCUT2D eigenvalue weighted by Gasteiger charge is 2.05. The van der Waals surface area contributed by atoms with Crippen LogP contribution in [-0.4, -0.2) is 19.1 Å². The molecule has 4 rings (SSSR count). The van der Waals surface area contributed by atoms with Crippen LogP contribution in [0.1, 0.15) is 11.1 Å². The second-order valence-corrected chi connectivity index (χ2v) is 7.30. The Kier molecular flexibility index (Phi) is 5.48. The van der Waals surface area contributed by atoms with E-state index < -0.39 is 0 Å². The maximum atomic E-state index is 9.01. The third-order valence-electron chi connectivity index (χ3n) is 5.08. The van der Waals surface area contributed by atoms with Crippen molar-refractivity contribution in [2.75, 3.05) is 23.7 Å². The molecule has 0 aliphatic heterocycles. The molecule has 0 aliphatic carbocycles. The third kappa shape index (κ3) is 4.33. The number of hydrogen-bond donors (Lipinski definition) is 3. The van der Waals surface area contributed by atoms with E-state index >= 15 is 0 Å². The molecule has 5 nitrogen and oxygen atoms in total. The van der Waals surface area contributed by atoms with Crippen LogP contribution in [-0.2, 0) is 0 Å². The molecule has 0 fully saturated rings. The van der Waals surface area contributed by atoms with E-state index in [2.05, 4.69) is 34.9 Å². The van der Waals surface area contributed by atoms with Crippen molar-refractivity contribution in [3.63, 3.8) is 0 Å². The van der Waals surface area contributed by atoms with E-state index in [4.69, 9.17) is 16.3 Å². The quantitative estimate of drug-likeness (QED) is 0.447. The van der Waals surface area contributed by atoms with Gasteiger partial charge in [-0.1, -0.05) is 24.3 Å². The van der Waals surface area contributed by atoms with E-state index in [1.54, 1.807) is 0 Å². The van der Waals surface area contributed by atoms with Crippen LogP contribution in [0.4, 0.5) is 11.4 Å². The Bertz CT molecular complexity index is 1200. The smallest absolute Gasteiger partial charge is 0.0991 e. The highest BCUT2D eigenvalue weighted by atomic mass is 15.0. The van der Waals surface area contributed by atoms with E-state index in [-0.39, 0.29) is 6.04 Å². The molecule has 0 atom stereocenters. The summed E-state index contributed by atoms with van der Waals surface area (Å²) in [6, 6.07) is 27.8. The summed E-state index contributed by atoms with van der Waals surface area (Å²) in [4.78, 5) is 0. The summed E-state index contributed by atoms with van der Waals surface area (Å²) < 4.78 is 0. The lowest BCUT2D eigenvalue weighted by Crippen LogP contribution is -2.35. The Hall–Kier alpha value is -4.06. The second kappa shape index (κ2) is 8.53. The van der Waals surface area contributed by atoms with Gasteiger partial charge < -0.3 is 16.4 Å². The van der Waals surface area contributed by atoms with Gasteiger partial charge in [0.05, 0.1) is 23.3 Å². The number of benzene rings is 4. The Morgan fingerprint density at radius 2 is 1.03 bits per heavy atom. The second-order valence-electron chi connectivity index (χ2n) is 7.30. The zero-order chi connectivity index (χ0) is 20.9. The van der Waals surface area contributed by atoms with Crippen molar-refractivity contribution >= 4 is 32.9 Å². The van der Waals surface area contributed by atoms with Gasteiger partial charge in [0.25, 0.3) is 0 Å². The minimum absolute atomic E-state index is 0.0710. The molecule has 0 saturated carbocycles. The number of hydrogen-bond acceptors (Lipinski definition) is 5. The molecule has 4 N–H and O–H groups in total. The minimum Gasteiger partial charge on any atom is -0.383 e. The number of nitrogens with two attached hydrogens (primary N) is 1. The lowest BCUT2D eigenvalue weighted by molar-refractivity contribution is 0.736. The fraction of sp³-hybridized carbons (Fsp3) is 0.120. The summed E-state index contributed by atoms with van der Waals surface area (Å²) in [6.07, 6.45) is 0. The van der Waals surface area contributed by atoms with Gasteiger partial charge in [0, 0.05) is 30.5 Å². The Morgan fingerprint density at radius 3 is 1.47 bits per heavy atom. The van der Waals surface area contributed by atoms with Gasteiger partial charge in [-0.3, -0.25) is 0 Å². The van der Waals surface area contributed by atoms with Gasteiger partial charge >= 0.3 is 0 Å². The van der Waals surface area contributed by atoms with E-state index in [1.165, 1.54) is 0 Å². The molecule has 0 heterocycles. The van der Waals surface area contributed by atoms with Crippen molar-refractivity contribution in [3.8, 4) is 12.1 Å². The molecule has 0 bridgehead atoms. The van der Waals surface area contributed by atoms with Crippen LogP contribution >= 0.6 is 0 Å². The Labute approximate surface area is 175 Å². The average Bonchev–Trinajstić information content (AvgIpc) is 2.80. The molecule has 0 aliphatic rings. The summed E-state index contributed by atoms with van der Waals surface area (Å²) in [7, 11) is 0. The maximum Gasteiger partial charge on any atom is 0.0991 e. The fourth-order valence-electron chi connectivity index (χ4n) is 3.42. The topological polar surface area (TPSA) is 97.7 Å². The molecule has 0 spiro atoms. The largest absolute Gasteiger partial charge is 0.383 e. The van der Waals surface area contributed by atoms with Crippen LogP contribution in [0.3, 0.4) is 0 Å². The van der Waals surface area contributed by atoms with Gasteiger partial charge in [-0.25, -0.2) is 0 Å². The van der Waals surface area contributed by atoms with Gasteiger partial charge in [-0.15, -0.1) is 0 Å². The zero-order valence-electron chi connectivity index (χ0n) is 16.4. The van der Waals surface area contributed by atoms with Crippen LogP contribution in [0.5, 0.6) is 0 Å². The molecular weight excluding hydrogens is 370 g/mol. The van der Waals surface area contributed by atoms with Gasteiger partial charge in [0.15, 0.2) is 0 Å². The number of nitrogens with one attached hydrogen (secondary N) is 2. The SMILES string of the molecule is N#Cc1ccc2cc(NCC(N)CNc3ccc4cc(C#N)ccc4c3)ccc2c1. The van der Waals surface area contributed by atoms with Crippen LogP contribution in [0.15, 0.2) is 72.8 Å². The highest BCUT2D eigenvalue weighted by molar-refractivity contribution is 5.87. The number of nitriles is 2. The Morgan fingerprint density at radius 1 is 0.633 bits per heavy atom. The van der Waals surface area contributed by atoms with E-state index in [0.717, 1.165) is 32.9 Å². The molecule has 0 aromatic heterocycles. The number of nitrogens with zero attached hydrogens (tertiary/aromatic N) is 2. The van der Waals surface area contributed by atoms with Crippen molar-refractivity contribution in [1.29, 1.82) is 10.5 Å². The average molecular weight is 391 g/mol. The maximum absolute atomic E-state index is 9.01. The standard InChI is InChI=1S/C25H21N5/c26-13-17-1-3-21-11-24(7-5-19(21)9-17)29-15-23(28)16-30-25-8-6-20-10-18(14-27)2-4-22(20)12-25/h1-12,23,29-30H,15-16,28H2. The normalized spacial score (nSPS) is 10.7. The van der Waals surface area contributed by atoms with Crippen LogP contribution in [0, 0.1) is 22.7 Å². The molecule has 0 saturated heterocycles. The number of fused-ring (bicyclic) bond motifs is 2. The predicted octanol–water partition coefficient (Wildman–Crippen LogP) is 4.59. The number of anilines is 2. The van der Waals surface area contributed by atoms with Crippen LogP contribution < -0.4 is 16.4 Å². The van der Waals surface area contributed by atoms with Gasteiger partial charge in [-0.05, 0) is 70.1 Å². The summed E-state index contributed by atoms with van der Waals surface area (Å²) in [5.41, 5.74) is 9.60. The molecule has 146 valence electrons. The first kappa shape index (κ1) is 19.3. The van der Waals surface area contributed by atoms with E-state index in [1.807, 2.05) is 60.7 Å². The van der Waals surface area contributed by atoms with Crippen molar-refractivity contribution in [3.05, 3.63) is 83.9 Å². The Balaban J connectivity index is 1.34. The minimum atomic E-state index is -0.0710. The van der Waals surface area contributed by atoms with Crippen molar-refractivity contribution in [2.24, 2.45) is 5.73 Å². The number of rotatable bonds is 6. The first-order valence-electron chi connectivity index (χ1n) is 9.76. The lowest BCUT2D eigenvalue weighted by Gasteiger charge is -2.16. The first-order chi connectivity index (χ1) is 14.6. The molecule has 4 aromatic carbocycles. The predicted molar refractivity (Wildman–Crippen MR) is 122 cm³/mol. The van der Waals surface area contributed by atoms with Crippen molar-refractivity contribution in [1.82, 2.24) is 0 Å². The first-order valence-corrected chi connectivity index (χ1v) is 9.76. The molecule has 0 amide bonds. The third-order valence-corrected chi connectivity index (χ3v) is 5.08. The molecular formula is C25H21N5.